The SMILES string of the molecule is CCn1c(C)cc(C(=O)C[NH+]2CCN(S(=O)(=O)c3ccccc3)CC2)c1C. The van der Waals surface area contributed by atoms with Crippen molar-refractivity contribution in [3.8, 4) is 0 Å². The Labute approximate surface area is 161 Å². The molecule has 7 heteroatoms. The smallest absolute Gasteiger partial charge is 0.243 e. The Bertz CT molecular complexity index is 911. The third-order valence-corrected chi connectivity index (χ3v) is 7.32. The summed E-state index contributed by atoms with van der Waals surface area (Å²) >= 11 is 0. The van der Waals surface area contributed by atoms with Crippen molar-refractivity contribution >= 4 is 15.8 Å². The van der Waals surface area contributed by atoms with Crippen LogP contribution in [-0.4, -0.2) is 55.8 Å². The van der Waals surface area contributed by atoms with E-state index in [2.05, 4.69) is 11.5 Å². The van der Waals surface area contributed by atoms with Gasteiger partial charge in [0.15, 0.2) is 0 Å². The van der Waals surface area contributed by atoms with E-state index in [9.17, 15) is 13.2 Å². The molecule has 6 nitrogen and oxygen atoms in total. The third kappa shape index (κ3) is 4.00. The van der Waals surface area contributed by atoms with Crippen molar-refractivity contribution in [2.45, 2.75) is 32.2 Å². The lowest BCUT2D eigenvalue weighted by Crippen LogP contribution is -3.15. The highest BCUT2D eigenvalue weighted by atomic mass is 32.2. The maximum absolute atomic E-state index is 12.7. The fraction of sp³-hybridized carbons (Fsp3) is 0.450. The molecule has 0 bridgehead atoms. The Hall–Kier alpha value is -1.96. The summed E-state index contributed by atoms with van der Waals surface area (Å²) in [5.74, 6) is 0.136. The first-order valence-electron chi connectivity index (χ1n) is 9.43. The minimum atomic E-state index is -3.45. The van der Waals surface area contributed by atoms with E-state index in [1.807, 2.05) is 26.0 Å². The molecule has 0 atom stereocenters. The monoisotopic (exact) mass is 390 g/mol. The van der Waals surface area contributed by atoms with E-state index in [4.69, 9.17) is 0 Å². The predicted molar refractivity (Wildman–Crippen MR) is 105 cm³/mol. The topological polar surface area (TPSA) is 63.8 Å². The minimum absolute atomic E-state index is 0.136. The van der Waals surface area contributed by atoms with Crippen LogP contribution in [0.3, 0.4) is 0 Å². The van der Waals surface area contributed by atoms with E-state index < -0.39 is 10.0 Å². The first-order valence-corrected chi connectivity index (χ1v) is 10.9. The van der Waals surface area contributed by atoms with Gasteiger partial charge in [-0.25, -0.2) is 8.42 Å². The van der Waals surface area contributed by atoms with Gasteiger partial charge in [0.2, 0.25) is 15.8 Å². The molecule has 0 aliphatic carbocycles. The molecule has 3 rings (SSSR count). The van der Waals surface area contributed by atoms with Gasteiger partial charge in [-0.3, -0.25) is 4.79 Å². The molecule has 1 aromatic heterocycles. The second kappa shape index (κ2) is 7.96. The van der Waals surface area contributed by atoms with E-state index in [0.717, 1.165) is 28.4 Å². The highest BCUT2D eigenvalue weighted by Crippen LogP contribution is 2.16. The minimum Gasteiger partial charge on any atom is -0.349 e. The molecule has 1 N–H and O–H groups in total. The van der Waals surface area contributed by atoms with Crippen molar-refractivity contribution in [1.82, 2.24) is 8.87 Å². The summed E-state index contributed by atoms with van der Waals surface area (Å²) in [7, 11) is -3.45. The van der Waals surface area contributed by atoms with Gasteiger partial charge in [0.1, 0.15) is 6.54 Å². The van der Waals surface area contributed by atoms with Crippen molar-refractivity contribution in [2.75, 3.05) is 32.7 Å². The van der Waals surface area contributed by atoms with Crippen molar-refractivity contribution in [1.29, 1.82) is 0 Å². The largest absolute Gasteiger partial charge is 0.349 e. The number of benzene rings is 1. The van der Waals surface area contributed by atoms with Crippen LogP contribution < -0.4 is 4.90 Å². The van der Waals surface area contributed by atoms with Crippen LogP contribution in [0.15, 0.2) is 41.3 Å². The molecule has 1 saturated heterocycles. The molecule has 0 radical (unpaired) electrons. The summed E-state index contributed by atoms with van der Waals surface area (Å²) in [5.41, 5.74) is 2.91. The molecule has 146 valence electrons. The van der Waals surface area contributed by atoms with Gasteiger partial charge in [0, 0.05) is 23.5 Å². The van der Waals surface area contributed by atoms with Crippen LogP contribution in [0.25, 0.3) is 0 Å². The lowest BCUT2D eigenvalue weighted by Gasteiger charge is -2.31. The number of aryl methyl sites for hydroxylation is 1. The number of nitrogens with zero attached hydrogens (tertiary/aromatic N) is 2. The maximum atomic E-state index is 12.7. The van der Waals surface area contributed by atoms with Crippen molar-refractivity contribution in [3.63, 3.8) is 0 Å². The lowest BCUT2D eigenvalue weighted by atomic mass is 10.1. The Morgan fingerprint density at radius 1 is 1.11 bits per heavy atom. The molecule has 0 saturated carbocycles. The van der Waals surface area contributed by atoms with Gasteiger partial charge in [0.25, 0.3) is 0 Å². The molecule has 1 aromatic carbocycles. The number of carbonyl (C=O) groups excluding carboxylic acids is 1. The van der Waals surface area contributed by atoms with E-state index in [1.54, 1.807) is 24.3 Å². The van der Waals surface area contributed by atoms with Gasteiger partial charge < -0.3 is 9.47 Å². The van der Waals surface area contributed by atoms with Crippen LogP contribution in [0.1, 0.15) is 28.7 Å². The predicted octanol–water partition coefficient (Wildman–Crippen LogP) is 0.897. The average Bonchev–Trinajstić information content (AvgIpc) is 2.96. The number of sulfonamides is 1. The summed E-state index contributed by atoms with van der Waals surface area (Å²) in [6, 6.07) is 10.5. The molecule has 0 spiro atoms. The number of carbonyl (C=O) groups is 1. The normalized spacial score (nSPS) is 16.6. The Balaban J connectivity index is 1.62. The number of aromatic nitrogens is 1. The van der Waals surface area contributed by atoms with E-state index >= 15 is 0 Å². The highest BCUT2D eigenvalue weighted by Gasteiger charge is 2.31. The quantitative estimate of drug-likeness (QED) is 0.746. The van der Waals surface area contributed by atoms with Gasteiger partial charge in [-0.1, -0.05) is 18.2 Å². The zero-order valence-corrected chi connectivity index (χ0v) is 17.1. The number of hydrogen-bond acceptors (Lipinski definition) is 3. The van der Waals surface area contributed by atoms with Gasteiger partial charge >= 0.3 is 0 Å². The second-order valence-electron chi connectivity index (χ2n) is 7.10. The Morgan fingerprint density at radius 3 is 2.30 bits per heavy atom. The molecule has 2 heterocycles. The molecule has 1 fully saturated rings. The molecule has 0 amide bonds. The fourth-order valence-corrected chi connectivity index (χ4v) is 5.32. The number of rotatable bonds is 6. The third-order valence-electron chi connectivity index (χ3n) is 5.41. The molecule has 0 unspecified atom stereocenters. The van der Waals surface area contributed by atoms with Crippen LogP contribution >= 0.6 is 0 Å². The molecule has 1 aliphatic heterocycles. The van der Waals surface area contributed by atoms with Crippen molar-refractivity contribution in [2.24, 2.45) is 0 Å². The van der Waals surface area contributed by atoms with E-state index in [-0.39, 0.29) is 5.78 Å². The number of quaternary nitrogens is 1. The molecule has 1 aliphatic rings. The molecule has 27 heavy (non-hydrogen) atoms. The van der Waals surface area contributed by atoms with Gasteiger partial charge in [0.05, 0.1) is 31.1 Å². The van der Waals surface area contributed by atoms with Gasteiger partial charge in [-0.15, -0.1) is 0 Å². The number of ketones is 1. The standard InChI is InChI=1S/C20H27N3O3S/c1-4-23-16(2)14-19(17(23)3)20(24)15-21-10-12-22(13-11-21)27(25,26)18-8-6-5-7-9-18/h5-9,14H,4,10-13,15H2,1-3H3/p+1. The zero-order valence-electron chi connectivity index (χ0n) is 16.2. The van der Waals surface area contributed by atoms with Crippen LogP contribution in [0.2, 0.25) is 0 Å². The van der Waals surface area contributed by atoms with Crippen LogP contribution in [0, 0.1) is 13.8 Å². The van der Waals surface area contributed by atoms with Crippen LogP contribution in [0.4, 0.5) is 0 Å². The Kier molecular flexibility index (Phi) is 5.83. The second-order valence-corrected chi connectivity index (χ2v) is 9.03. The summed E-state index contributed by atoms with van der Waals surface area (Å²) in [4.78, 5) is 14.2. The van der Waals surface area contributed by atoms with E-state index in [1.165, 1.54) is 4.31 Å². The van der Waals surface area contributed by atoms with Gasteiger partial charge in [-0.2, -0.15) is 4.31 Å². The van der Waals surface area contributed by atoms with Crippen molar-refractivity contribution in [3.05, 3.63) is 53.3 Å². The van der Waals surface area contributed by atoms with Crippen LogP contribution in [-0.2, 0) is 16.6 Å². The van der Waals surface area contributed by atoms with Crippen LogP contribution in [0.5, 0.6) is 0 Å². The summed E-state index contributed by atoms with van der Waals surface area (Å²) in [6.45, 7) is 9.51. The van der Waals surface area contributed by atoms with E-state index in [0.29, 0.717) is 37.6 Å². The molecular formula is C20H28N3O3S+. The maximum Gasteiger partial charge on any atom is 0.243 e. The average molecular weight is 391 g/mol. The zero-order chi connectivity index (χ0) is 19.6. The summed E-state index contributed by atoms with van der Waals surface area (Å²) < 4.78 is 29.1. The molecule has 2 aromatic rings. The van der Waals surface area contributed by atoms with Crippen molar-refractivity contribution < 1.29 is 18.1 Å². The number of piperazine rings is 1. The fourth-order valence-electron chi connectivity index (χ4n) is 3.85. The lowest BCUT2D eigenvalue weighted by molar-refractivity contribution is -0.895. The highest BCUT2D eigenvalue weighted by molar-refractivity contribution is 7.89. The first-order chi connectivity index (χ1) is 12.8. The molecular weight excluding hydrogens is 362 g/mol. The number of nitrogens with one attached hydrogen (secondary N) is 1. The number of hydrogen-bond donors (Lipinski definition) is 1. The first kappa shape index (κ1) is 19.8. The number of Topliss-reactive ketones (excluding diaryl/α,β-unsaturated/α-hetero) is 1. The Morgan fingerprint density at radius 2 is 1.74 bits per heavy atom. The summed E-state index contributed by atoms with van der Waals surface area (Å²) in [6.07, 6.45) is 0. The summed E-state index contributed by atoms with van der Waals surface area (Å²) in [5, 5.41) is 0. The van der Waals surface area contributed by atoms with Gasteiger partial charge in [-0.05, 0) is 39.0 Å².